The van der Waals surface area contributed by atoms with Crippen LogP contribution in [0.1, 0.15) is 12.5 Å². The predicted octanol–water partition coefficient (Wildman–Crippen LogP) is 4.11. The van der Waals surface area contributed by atoms with Crippen molar-refractivity contribution in [1.82, 2.24) is 34.7 Å². The summed E-state index contributed by atoms with van der Waals surface area (Å²) in [5.41, 5.74) is 2.40. The van der Waals surface area contributed by atoms with E-state index in [4.69, 9.17) is 9.47 Å². The molecular weight excluding hydrogens is 513 g/mol. The summed E-state index contributed by atoms with van der Waals surface area (Å²) in [6.45, 7) is 8.53. The van der Waals surface area contributed by atoms with Gasteiger partial charge in [0, 0.05) is 63.3 Å². The number of methoxy groups -OCH3 is 2. The number of pyridine rings is 1. The van der Waals surface area contributed by atoms with E-state index in [1.807, 2.05) is 12.3 Å². The summed E-state index contributed by atoms with van der Waals surface area (Å²) in [5, 5.41) is 6.25. The first-order valence-corrected chi connectivity index (χ1v) is 13.0. The predicted molar refractivity (Wildman–Crippen MR) is 151 cm³/mol. The normalized spacial score (nSPS) is 14.1. The fourth-order valence-electron chi connectivity index (χ4n) is 4.49. The Morgan fingerprint density at radius 3 is 2.40 bits per heavy atom. The molecule has 0 aliphatic carbocycles. The number of benzene rings is 1. The van der Waals surface area contributed by atoms with Gasteiger partial charge in [-0.2, -0.15) is 0 Å². The second kappa shape index (κ2) is 12.6. The van der Waals surface area contributed by atoms with Gasteiger partial charge in [0.1, 0.15) is 35.9 Å². The lowest BCUT2D eigenvalue weighted by Gasteiger charge is -2.33. The van der Waals surface area contributed by atoms with Crippen molar-refractivity contribution in [2.75, 3.05) is 57.6 Å². The highest BCUT2D eigenvalue weighted by atomic mass is 19.1. The van der Waals surface area contributed by atoms with E-state index < -0.39 is 5.82 Å². The van der Waals surface area contributed by atoms with Crippen molar-refractivity contribution in [3.8, 4) is 22.8 Å². The summed E-state index contributed by atoms with van der Waals surface area (Å²) < 4.78 is 25.4. The molecule has 4 heterocycles. The number of halogens is 1. The summed E-state index contributed by atoms with van der Waals surface area (Å²) >= 11 is 0. The van der Waals surface area contributed by atoms with Crippen LogP contribution in [-0.4, -0.2) is 81.7 Å². The zero-order valence-corrected chi connectivity index (χ0v) is 22.8. The molecular formula is C28H32FN9O2. The van der Waals surface area contributed by atoms with E-state index >= 15 is 0 Å². The Morgan fingerprint density at radius 1 is 0.850 bits per heavy atom. The van der Waals surface area contributed by atoms with Gasteiger partial charge in [-0.3, -0.25) is 4.90 Å². The molecule has 208 valence electrons. The van der Waals surface area contributed by atoms with Crippen LogP contribution in [0.3, 0.4) is 0 Å². The number of piperazine rings is 1. The molecule has 0 amide bonds. The summed E-state index contributed by atoms with van der Waals surface area (Å²) in [5.74, 6) is 1.47. The van der Waals surface area contributed by atoms with E-state index in [2.05, 4.69) is 58.3 Å². The van der Waals surface area contributed by atoms with Crippen molar-refractivity contribution in [1.29, 1.82) is 0 Å². The first-order chi connectivity index (χ1) is 19.6. The Balaban J connectivity index is 1.30. The minimum atomic E-state index is -0.573. The largest absolute Gasteiger partial charge is 0.497 e. The van der Waals surface area contributed by atoms with E-state index in [0.29, 0.717) is 34.5 Å². The molecule has 1 aliphatic heterocycles. The molecule has 0 unspecified atom stereocenters. The van der Waals surface area contributed by atoms with Gasteiger partial charge in [0.15, 0.2) is 11.6 Å². The monoisotopic (exact) mass is 545 g/mol. The molecule has 11 nitrogen and oxygen atoms in total. The molecule has 1 saturated heterocycles. The summed E-state index contributed by atoms with van der Waals surface area (Å²) in [4.78, 5) is 26.7. The van der Waals surface area contributed by atoms with Gasteiger partial charge in [0.25, 0.3) is 0 Å². The second-order valence-corrected chi connectivity index (χ2v) is 9.28. The van der Waals surface area contributed by atoms with Crippen LogP contribution in [0, 0.1) is 5.82 Å². The van der Waals surface area contributed by atoms with Crippen molar-refractivity contribution >= 4 is 23.1 Å². The number of nitrogens with zero attached hydrogens (tertiary/aromatic N) is 7. The zero-order valence-electron chi connectivity index (χ0n) is 22.8. The number of likely N-dealkylation sites (N-methyl/N-ethyl adjacent to an activating group) is 1. The van der Waals surface area contributed by atoms with Crippen LogP contribution in [0.25, 0.3) is 11.3 Å². The minimum absolute atomic E-state index is 0.0450. The molecule has 4 aromatic rings. The molecule has 2 N–H and O–H groups in total. The van der Waals surface area contributed by atoms with Gasteiger partial charge in [-0.25, -0.2) is 29.3 Å². The maximum absolute atomic E-state index is 15.0. The number of nitrogens with one attached hydrogen (secondary N) is 2. The van der Waals surface area contributed by atoms with Crippen molar-refractivity contribution in [2.24, 2.45) is 0 Å². The topological polar surface area (TPSA) is 113 Å². The Bertz CT molecular complexity index is 1430. The maximum Gasteiger partial charge on any atom is 0.188 e. The highest BCUT2D eigenvalue weighted by molar-refractivity contribution is 5.77. The molecule has 3 aromatic heterocycles. The highest BCUT2D eigenvalue weighted by Gasteiger charge is 2.17. The molecule has 0 saturated carbocycles. The summed E-state index contributed by atoms with van der Waals surface area (Å²) in [7, 11) is 2.89. The van der Waals surface area contributed by atoms with E-state index in [0.717, 1.165) is 44.8 Å². The summed E-state index contributed by atoms with van der Waals surface area (Å²) in [6.07, 6.45) is 6.30. The number of hydrogen-bond acceptors (Lipinski definition) is 11. The average Bonchev–Trinajstić information content (AvgIpc) is 3.00. The quantitative estimate of drug-likeness (QED) is 0.300. The highest BCUT2D eigenvalue weighted by Crippen LogP contribution is 2.34. The van der Waals surface area contributed by atoms with Gasteiger partial charge >= 0.3 is 0 Å². The van der Waals surface area contributed by atoms with Crippen molar-refractivity contribution in [3.05, 3.63) is 66.8 Å². The molecule has 0 atom stereocenters. The number of rotatable bonds is 10. The van der Waals surface area contributed by atoms with Crippen molar-refractivity contribution < 1.29 is 13.9 Å². The van der Waals surface area contributed by atoms with E-state index in [-0.39, 0.29) is 11.4 Å². The Labute approximate surface area is 232 Å². The minimum Gasteiger partial charge on any atom is -0.497 e. The number of aromatic nitrogens is 5. The first-order valence-electron chi connectivity index (χ1n) is 13.0. The molecule has 40 heavy (non-hydrogen) atoms. The Hall–Kier alpha value is -4.42. The Morgan fingerprint density at radius 2 is 1.68 bits per heavy atom. The molecule has 1 aliphatic rings. The average molecular weight is 546 g/mol. The van der Waals surface area contributed by atoms with Crippen LogP contribution in [0.15, 0.2) is 55.4 Å². The van der Waals surface area contributed by atoms with Crippen molar-refractivity contribution in [3.63, 3.8) is 0 Å². The fourth-order valence-corrected chi connectivity index (χ4v) is 4.49. The maximum atomic E-state index is 15.0. The molecule has 0 bridgehead atoms. The van der Waals surface area contributed by atoms with Crippen LogP contribution >= 0.6 is 0 Å². The summed E-state index contributed by atoms with van der Waals surface area (Å²) in [6, 6.07) is 8.77. The standard InChI is InChI=1S/C28H32FN9O2/c1-4-37-7-9-38(10-8-37)16-19-5-6-25(31-14-19)36-26-13-22(32-18-33-26)21-15-30-17-34-28(21)35-23-11-20(39-2)12-24(40-3)27(23)29/h5-6,11-15,17-18H,4,7-10,16H2,1-3H3,(H,30,34,35)(H,31,32,33,36). The molecule has 0 spiro atoms. The molecule has 0 radical (unpaired) electrons. The van der Waals surface area contributed by atoms with Gasteiger partial charge in [-0.15, -0.1) is 0 Å². The molecule has 12 heteroatoms. The molecule has 1 fully saturated rings. The number of anilines is 4. The van der Waals surface area contributed by atoms with Crippen molar-refractivity contribution in [2.45, 2.75) is 13.5 Å². The van der Waals surface area contributed by atoms with E-state index in [9.17, 15) is 4.39 Å². The third-order valence-corrected chi connectivity index (χ3v) is 6.78. The fraction of sp³-hybridized carbons (Fsp3) is 0.321. The number of ether oxygens (including phenoxy) is 2. The van der Waals surface area contributed by atoms with E-state index in [1.165, 1.54) is 39.0 Å². The van der Waals surface area contributed by atoms with Gasteiger partial charge in [-0.1, -0.05) is 13.0 Å². The lowest BCUT2D eigenvalue weighted by molar-refractivity contribution is 0.132. The third-order valence-electron chi connectivity index (χ3n) is 6.78. The zero-order chi connectivity index (χ0) is 27.9. The van der Waals surface area contributed by atoms with Gasteiger partial charge in [-0.05, 0) is 18.2 Å². The van der Waals surface area contributed by atoms with Gasteiger partial charge in [0.05, 0.1) is 31.2 Å². The lowest BCUT2D eigenvalue weighted by Crippen LogP contribution is -2.45. The lowest BCUT2D eigenvalue weighted by atomic mass is 10.2. The number of hydrogen-bond donors (Lipinski definition) is 2. The van der Waals surface area contributed by atoms with Gasteiger partial charge < -0.3 is 25.0 Å². The van der Waals surface area contributed by atoms with Crippen LogP contribution in [0.4, 0.5) is 27.5 Å². The molecule has 1 aromatic carbocycles. The first kappa shape index (κ1) is 27.2. The van der Waals surface area contributed by atoms with Crippen LogP contribution in [0.2, 0.25) is 0 Å². The SMILES string of the molecule is CCN1CCN(Cc2ccc(Nc3cc(-c4cncnc4Nc4cc(OC)cc(OC)c4F)ncn3)nc2)CC1. The van der Waals surface area contributed by atoms with E-state index in [1.54, 1.807) is 12.3 Å². The smallest absolute Gasteiger partial charge is 0.188 e. The Kier molecular flexibility index (Phi) is 8.57. The second-order valence-electron chi connectivity index (χ2n) is 9.28. The molecule has 5 rings (SSSR count). The third kappa shape index (κ3) is 6.41. The van der Waals surface area contributed by atoms with Crippen LogP contribution in [0.5, 0.6) is 11.5 Å². The van der Waals surface area contributed by atoms with Crippen LogP contribution < -0.4 is 20.1 Å². The van der Waals surface area contributed by atoms with Gasteiger partial charge in [0.2, 0.25) is 0 Å². The van der Waals surface area contributed by atoms with Crippen LogP contribution in [-0.2, 0) is 6.54 Å².